The predicted octanol–water partition coefficient (Wildman–Crippen LogP) is 3.62. The van der Waals surface area contributed by atoms with E-state index in [0.29, 0.717) is 17.2 Å². The number of nitrogens with zero attached hydrogens (tertiary/aromatic N) is 3. The summed E-state index contributed by atoms with van der Waals surface area (Å²) < 4.78 is 1.66. The van der Waals surface area contributed by atoms with Crippen LogP contribution >= 0.6 is 31.9 Å². The van der Waals surface area contributed by atoms with E-state index in [9.17, 15) is 0 Å². The molecule has 0 bridgehead atoms. The normalized spacial score (nSPS) is 9.71. The van der Waals surface area contributed by atoms with Gasteiger partial charge in [-0.15, -0.1) is 0 Å². The Morgan fingerprint density at radius 1 is 1.12 bits per heavy atom. The van der Waals surface area contributed by atoms with Gasteiger partial charge < -0.3 is 5.32 Å². The van der Waals surface area contributed by atoms with E-state index in [0.717, 1.165) is 8.95 Å². The molecule has 0 unspecified atom stereocenters. The zero-order valence-electron chi connectivity index (χ0n) is 8.48. The van der Waals surface area contributed by atoms with Gasteiger partial charge in [-0.25, -0.2) is 9.97 Å². The van der Waals surface area contributed by atoms with Crippen molar-refractivity contribution in [1.29, 1.82) is 5.26 Å². The first kappa shape index (κ1) is 12.0. The summed E-state index contributed by atoms with van der Waals surface area (Å²) >= 11 is 6.57. The molecule has 4 nitrogen and oxygen atoms in total. The summed E-state index contributed by atoms with van der Waals surface area (Å²) in [6, 6.07) is 7.50. The topological polar surface area (TPSA) is 61.6 Å². The summed E-state index contributed by atoms with van der Waals surface area (Å²) in [4.78, 5) is 8.16. The molecule has 0 aliphatic carbocycles. The quantitative estimate of drug-likeness (QED) is 0.895. The molecule has 2 aromatic rings. The van der Waals surface area contributed by atoms with Gasteiger partial charge in [0.15, 0.2) is 0 Å². The van der Waals surface area contributed by atoms with Crippen LogP contribution < -0.4 is 5.32 Å². The second-order valence-electron chi connectivity index (χ2n) is 3.15. The van der Waals surface area contributed by atoms with E-state index in [1.165, 1.54) is 0 Å². The first-order valence-corrected chi connectivity index (χ1v) is 6.22. The fourth-order valence-electron chi connectivity index (χ4n) is 1.22. The smallest absolute Gasteiger partial charge is 0.227 e. The SMILES string of the molecule is N#Cc1cc(Br)ccc1Nc1ncc(Br)cn1. The van der Waals surface area contributed by atoms with E-state index in [1.54, 1.807) is 24.5 Å². The van der Waals surface area contributed by atoms with E-state index in [-0.39, 0.29) is 0 Å². The van der Waals surface area contributed by atoms with Gasteiger partial charge in [-0.2, -0.15) is 5.26 Å². The monoisotopic (exact) mass is 352 g/mol. The maximum Gasteiger partial charge on any atom is 0.227 e. The van der Waals surface area contributed by atoms with Crippen molar-refractivity contribution >= 4 is 43.5 Å². The van der Waals surface area contributed by atoms with Crippen LogP contribution in [0.25, 0.3) is 0 Å². The minimum Gasteiger partial charge on any atom is -0.323 e. The van der Waals surface area contributed by atoms with Gasteiger partial charge in [0.2, 0.25) is 5.95 Å². The first-order valence-electron chi connectivity index (χ1n) is 4.63. The lowest BCUT2D eigenvalue weighted by Crippen LogP contribution is -1.98. The predicted molar refractivity (Wildman–Crippen MR) is 71.9 cm³/mol. The number of hydrogen-bond acceptors (Lipinski definition) is 4. The highest BCUT2D eigenvalue weighted by atomic mass is 79.9. The van der Waals surface area contributed by atoms with Crippen molar-refractivity contribution in [2.75, 3.05) is 5.32 Å². The molecule has 2 rings (SSSR count). The fourth-order valence-corrected chi connectivity index (χ4v) is 1.78. The molecule has 0 aliphatic rings. The van der Waals surface area contributed by atoms with Crippen LogP contribution in [0.1, 0.15) is 5.56 Å². The van der Waals surface area contributed by atoms with Crippen molar-refractivity contribution in [3.05, 3.63) is 45.1 Å². The first-order chi connectivity index (χ1) is 8.19. The van der Waals surface area contributed by atoms with Crippen molar-refractivity contribution in [2.45, 2.75) is 0 Å². The number of benzene rings is 1. The second-order valence-corrected chi connectivity index (χ2v) is 4.98. The van der Waals surface area contributed by atoms with Crippen molar-refractivity contribution in [1.82, 2.24) is 9.97 Å². The maximum absolute atomic E-state index is 9.01. The van der Waals surface area contributed by atoms with Crippen LogP contribution in [0.3, 0.4) is 0 Å². The van der Waals surface area contributed by atoms with E-state index in [4.69, 9.17) is 5.26 Å². The van der Waals surface area contributed by atoms with Gasteiger partial charge in [-0.3, -0.25) is 0 Å². The molecule has 0 atom stereocenters. The molecular weight excluding hydrogens is 348 g/mol. The summed E-state index contributed by atoms with van der Waals surface area (Å²) in [5, 5.41) is 12.0. The lowest BCUT2D eigenvalue weighted by atomic mass is 10.2. The molecule has 1 heterocycles. The van der Waals surface area contributed by atoms with Crippen molar-refractivity contribution in [3.8, 4) is 6.07 Å². The summed E-state index contributed by atoms with van der Waals surface area (Å²) in [6.07, 6.45) is 3.28. The highest BCUT2D eigenvalue weighted by Gasteiger charge is 2.04. The zero-order chi connectivity index (χ0) is 12.3. The number of anilines is 2. The average Bonchev–Trinajstić information content (AvgIpc) is 2.34. The Hall–Kier alpha value is -1.45. The molecule has 1 N–H and O–H groups in total. The Kier molecular flexibility index (Phi) is 3.71. The molecule has 0 saturated heterocycles. The van der Waals surface area contributed by atoms with Gasteiger partial charge in [0.25, 0.3) is 0 Å². The number of aromatic nitrogens is 2. The minimum atomic E-state index is 0.451. The van der Waals surface area contributed by atoms with Gasteiger partial charge in [-0.1, -0.05) is 15.9 Å². The molecule has 1 aromatic heterocycles. The number of halogens is 2. The van der Waals surface area contributed by atoms with E-state index in [2.05, 4.69) is 53.2 Å². The Morgan fingerprint density at radius 3 is 2.47 bits per heavy atom. The molecule has 0 saturated carbocycles. The van der Waals surface area contributed by atoms with Crippen molar-refractivity contribution in [2.24, 2.45) is 0 Å². The van der Waals surface area contributed by atoms with Crippen LogP contribution in [0, 0.1) is 11.3 Å². The Morgan fingerprint density at radius 2 is 1.82 bits per heavy atom. The number of nitriles is 1. The van der Waals surface area contributed by atoms with Crippen LogP contribution in [0.2, 0.25) is 0 Å². The maximum atomic E-state index is 9.01. The summed E-state index contributed by atoms with van der Waals surface area (Å²) in [5.41, 5.74) is 1.21. The molecule has 17 heavy (non-hydrogen) atoms. The molecule has 1 aromatic carbocycles. The standard InChI is InChI=1S/C11H6Br2N4/c12-8-1-2-10(7(3-8)4-14)17-11-15-5-9(13)6-16-11/h1-3,5-6H,(H,15,16,17). The molecular formula is C11H6Br2N4. The van der Waals surface area contributed by atoms with Gasteiger partial charge in [0, 0.05) is 16.9 Å². The third kappa shape index (κ3) is 3.02. The van der Waals surface area contributed by atoms with E-state index >= 15 is 0 Å². The molecule has 0 spiro atoms. The summed E-state index contributed by atoms with van der Waals surface area (Å²) in [5.74, 6) is 0.451. The lowest BCUT2D eigenvalue weighted by Gasteiger charge is -2.06. The Balaban J connectivity index is 2.30. The van der Waals surface area contributed by atoms with Crippen LogP contribution in [-0.4, -0.2) is 9.97 Å². The average molecular weight is 354 g/mol. The Labute approximate surface area is 115 Å². The van der Waals surface area contributed by atoms with E-state index in [1.807, 2.05) is 6.07 Å². The number of hydrogen-bond donors (Lipinski definition) is 1. The lowest BCUT2D eigenvalue weighted by molar-refractivity contribution is 1.15. The van der Waals surface area contributed by atoms with Gasteiger partial charge in [-0.05, 0) is 34.1 Å². The van der Waals surface area contributed by atoms with Gasteiger partial charge >= 0.3 is 0 Å². The van der Waals surface area contributed by atoms with E-state index < -0.39 is 0 Å². The summed E-state index contributed by atoms with van der Waals surface area (Å²) in [7, 11) is 0. The largest absolute Gasteiger partial charge is 0.323 e. The van der Waals surface area contributed by atoms with Gasteiger partial charge in [0.05, 0.1) is 15.7 Å². The minimum absolute atomic E-state index is 0.451. The zero-order valence-corrected chi connectivity index (χ0v) is 11.7. The molecule has 0 aliphatic heterocycles. The highest BCUT2D eigenvalue weighted by molar-refractivity contribution is 9.10. The van der Waals surface area contributed by atoms with Crippen molar-refractivity contribution in [3.63, 3.8) is 0 Å². The molecule has 0 radical (unpaired) electrons. The van der Waals surface area contributed by atoms with Crippen LogP contribution in [0.4, 0.5) is 11.6 Å². The summed E-state index contributed by atoms with van der Waals surface area (Å²) in [6.45, 7) is 0. The Bertz CT molecular complexity index is 575. The third-order valence-electron chi connectivity index (χ3n) is 1.97. The highest BCUT2D eigenvalue weighted by Crippen LogP contribution is 2.22. The molecule has 6 heteroatoms. The molecule has 0 amide bonds. The number of nitrogens with one attached hydrogen (secondary N) is 1. The second kappa shape index (κ2) is 5.25. The van der Waals surface area contributed by atoms with Gasteiger partial charge in [0.1, 0.15) is 6.07 Å². The number of rotatable bonds is 2. The third-order valence-corrected chi connectivity index (χ3v) is 2.87. The van der Waals surface area contributed by atoms with Crippen molar-refractivity contribution < 1.29 is 0 Å². The molecule has 84 valence electrons. The fraction of sp³-hybridized carbons (Fsp3) is 0. The van der Waals surface area contributed by atoms with Crippen LogP contribution in [0.15, 0.2) is 39.5 Å². The molecule has 0 fully saturated rings. The van der Waals surface area contributed by atoms with Crippen LogP contribution in [0.5, 0.6) is 0 Å². The van der Waals surface area contributed by atoms with Crippen LogP contribution in [-0.2, 0) is 0 Å².